The molecular formula is C25H26N4O2S. The minimum atomic E-state index is -0.147. The zero-order chi connectivity index (χ0) is 22.1. The maximum absolute atomic E-state index is 13.0. The zero-order valence-electron chi connectivity index (χ0n) is 18.2. The van der Waals surface area contributed by atoms with E-state index in [4.69, 9.17) is 4.74 Å². The second-order valence-corrected chi connectivity index (χ2v) is 9.32. The fourth-order valence-electron chi connectivity index (χ4n) is 4.29. The Labute approximate surface area is 191 Å². The molecule has 5 rings (SSSR count). The topological polar surface area (TPSA) is 61.5 Å². The maximum atomic E-state index is 13.0. The number of carbonyl (C=O) groups is 1. The third-order valence-electron chi connectivity index (χ3n) is 5.88. The normalized spacial score (nSPS) is 17.0. The van der Waals surface area contributed by atoms with E-state index in [-0.39, 0.29) is 12.0 Å². The average molecular weight is 447 g/mol. The first-order chi connectivity index (χ1) is 15.6. The first-order valence-electron chi connectivity index (χ1n) is 10.8. The number of ether oxygens (including phenoxy) is 1. The van der Waals surface area contributed by atoms with Gasteiger partial charge in [0.05, 0.1) is 29.5 Å². The van der Waals surface area contributed by atoms with Crippen LogP contribution in [0.3, 0.4) is 0 Å². The van der Waals surface area contributed by atoms with Crippen LogP contribution in [0, 0.1) is 0 Å². The largest absolute Gasteiger partial charge is 0.371 e. The van der Waals surface area contributed by atoms with Crippen molar-refractivity contribution in [3.63, 3.8) is 0 Å². The summed E-state index contributed by atoms with van der Waals surface area (Å²) in [6.45, 7) is 2.98. The average Bonchev–Trinajstić information content (AvgIpc) is 3.44. The number of nitrogens with one attached hydrogen (secondary N) is 1. The molecule has 2 aromatic carbocycles. The second kappa shape index (κ2) is 8.86. The predicted molar refractivity (Wildman–Crippen MR) is 128 cm³/mol. The lowest BCUT2D eigenvalue weighted by Gasteiger charge is -2.33. The van der Waals surface area contributed by atoms with Crippen LogP contribution in [0.25, 0.3) is 21.3 Å². The Morgan fingerprint density at radius 2 is 1.97 bits per heavy atom. The summed E-state index contributed by atoms with van der Waals surface area (Å²) < 4.78 is 7.36. The van der Waals surface area contributed by atoms with Crippen LogP contribution in [0.2, 0.25) is 0 Å². The summed E-state index contributed by atoms with van der Waals surface area (Å²) >= 11 is 1.56. The van der Waals surface area contributed by atoms with E-state index in [1.807, 2.05) is 36.5 Å². The highest BCUT2D eigenvalue weighted by Gasteiger charge is 2.30. The lowest BCUT2D eigenvalue weighted by atomic mass is 10.0. The number of nitrogens with zero attached hydrogens (tertiary/aromatic N) is 3. The minimum absolute atomic E-state index is 0.0307. The van der Waals surface area contributed by atoms with E-state index in [0.717, 1.165) is 57.0 Å². The van der Waals surface area contributed by atoms with Gasteiger partial charge in [0.2, 0.25) is 0 Å². The molecule has 1 saturated heterocycles. The number of carbonyl (C=O) groups excluding carboxylic acids is 1. The molecule has 6 nitrogen and oxygen atoms in total. The monoisotopic (exact) mass is 446 g/mol. The number of aromatic nitrogens is 2. The van der Waals surface area contributed by atoms with E-state index in [2.05, 4.69) is 39.4 Å². The Hall–Kier alpha value is -3.00. The lowest BCUT2D eigenvalue weighted by Crippen LogP contribution is -2.38. The fraction of sp³-hybridized carbons (Fsp3) is 0.280. The molecular weight excluding hydrogens is 420 g/mol. The van der Waals surface area contributed by atoms with Crippen molar-refractivity contribution in [1.82, 2.24) is 20.0 Å². The number of H-pyrrole nitrogens is 1. The standard InChI is InChI=1S/C25H26N4O2S/c1-28(2)25(30)24-22(19-10-6-7-11-21(19)32-24)20-16-29(12-13-31-20)15-18-14-26-27-23(18)17-8-4-3-5-9-17/h3-11,14,20H,12-13,15-16H2,1-2H3,(H,26,27). The Morgan fingerprint density at radius 1 is 1.19 bits per heavy atom. The molecule has 1 unspecified atom stereocenters. The molecule has 1 atom stereocenters. The van der Waals surface area contributed by atoms with Gasteiger partial charge >= 0.3 is 0 Å². The van der Waals surface area contributed by atoms with Crippen molar-refractivity contribution < 1.29 is 9.53 Å². The number of hydrogen-bond acceptors (Lipinski definition) is 5. The summed E-state index contributed by atoms with van der Waals surface area (Å²) in [5.74, 6) is 0.0307. The summed E-state index contributed by atoms with van der Waals surface area (Å²) in [6.07, 6.45) is 1.76. The summed E-state index contributed by atoms with van der Waals surface area (Å²) in [5, 5.41) is 8.57. The van der Waals surface area contributed by atoms with Crippen LogP contribution in [0.1, 0.15) is 26.9 Å². The van der Waals surface area contributed by atoms with Crippen LogP contribution in [-0.2, 0) is 11.3 Å². The smallest absolute Gasteiger partial charge is 0.263 e. The number of fused-ring (bicyclic) bond motifs is 1. The second-order valence-electron chi connectivity index (χ2n) is 8.27. The van der Waals surface area contributed by atoms with Crippen LogP contribution in [0.4, 0.5) is 0 Å². The molecule has 0 saturated carbocycles. The molecule has 1 amide bonds. The van der Waals surface area contributed by atoms with E-state index in [1.54, 1.807) is 30.3 Å². The van der Waals surface area contributed by atoms with Crippen LogP contribution >= 0.6 is 11.3 Å². The van der Waals surface area contributed by atoms with Crippen molar-refractivity contribution >= 4 is 27.3 Å². The Bertz CT molecular complexity index is 1230. The van der Waals surface area contributed by atoms with E-state index < -0.39 is 0 Å². The SMILES string of the molecule is CN(C)C(=O)c1sc2ccccc2c1C1CN(Cc2cn[nH]c2-c2ccccc2)CCO1. The van der Waals surface area contributed by atoms with E-state index in [1.165, 1.54) is 0 Å². The number of rotatable bonds is 5. The predicted octanol–water partition coefficient (Wildman–Crippen LogP) is 4.57. The van der Waals surface area contributed by atoms with Gasteiger partial charge in [-0.1, -0.05) is 48.5 Å². The molecule has 164 valence electrons. The molecule has 3 heterocycles. The van der Waals surface area contributed by atoms with Crippen LogP contribution < -0.4 is 0 Å². The third kappa shape index (κ3) is 3.95. The molecule has 1 N–H and O–H groups in total. The highest BCUT2D eigenvalue weighted by Crippen LogP contribution is 2.39. The Kier molecular flexibility index (Phi) is 5.78. The van der Waals surface area contributed by atoms with Gasteiger partial charge < -0.3 is 9.64 Å². The first-order valence-corrected chi connectivity index (χ1v) is 11.6. The number of hydrogen-bond donors (Lipinski definition) is 1. The minimum Gasteiger partial charge on any atom is -0.371 e. The van der Waals surface area contributed by atoms with Crippen molar-refractivity contribution in [2.45, 2.75) is 12.6 Å². The van der Waals surface area contributed by atoms with Crippen LogP contribution in [0.5, 0.6) is 0 Å². The molecule has 1 fully saturated rings. The molecule has 7 heteroatoms. The highest BCUT2D eigenvalue weighted by molar-refractivity contribution is 7.21. The summed E-state index contributed by atoms with van der Waals surface area (Å²) in [6, 6.07) is 18.5. The molecule has 1 aliphatic rings. The molecule has 0 aliphatic carbocycles. The van der Waals surface area contributed by atoms with Crippen molar-refractivity contribution in [2.75, 3.05) is 33.8 Å². The Morgan fingerprint density at radius 3 is 2.78 bits per heavy atom. The van der Waals surface area contributed by atoms with Gasteiger partial charge in [-0.05, 0) is 17.0 Å². The van der Waals surface area contributed by atoms with Crippen molar-refractivity contribution in [3.8, 4) is 11.3 Å². The van der Waals surface area contributed by atoms with Gasteiger partial charge in [0.25, 0.3) is 5.91 Å². The molecule has 0 radical (unpaired) electrons. The van der Waals surface area contributed by atoms with E-state index in [9.17, 15) is 4.79 Å². The van der Waals surface area contributed by atoms with Crippen molar-refractivity contribution in [3.05, 3.63) is 76.8 Å². The molecule has 32 heavy (non-hydrogen) atoms. The van der Waals surface area contributed by atoms with Gasteiger partial charge in [-0.2, -0.15) is 5.10 Å². The van der Waals surface area contributed by atoms with Gasteiger partial charge in [-0.3, -0.25) is 14.8 Å². The number of benzene rings is 2. The number of aromatic amines is 1. The fourth-order valence-corrected chi connectivity index (χ4v) is 5.57. The number of thiophene rings is 1. The Balaban J connectivity index is 1.43. The molecule has 0 spiro atoms. The first kappa shape index (κ1) is 20.9. The van der Waals surface area contributed by atoms with Gasteiger partial charge in [0.1, 0.15) is 0 Å². The molecule has 2 aromatic heterocycles. The van der Waals surface area contributed by atoms with Gasteiger partial charge in [-0.15, -0.1) is 11.3 Å². The highest BCUT2D eigenvalue weighted by atomic mass is 32.1. The van der Waals surface area contributed by atoms with E-state index in [0.29, 0.717) is 6.61 Å². The van der Waals surface area contributed by atoms with Gasteiger partial charge in [0, 0.05) is 49.6 Å². The van der Waals surface area contributed by atoms with Gasteiger partial charge in [0.15, 0.2) is 0 Å². The summed E-state index contributed by atoms with van der Waals surface area (Å²) in [4.78, 5) is 17.8. The van der Waals surface area contributed by atoms with Gasteiger partial charge in [-0.25, -0.2) is 0 Å². The molecule has 1 aliphatic heterocycles. The summed E-state index contributed by atoms with van der Waals surface area (Å²) in [5.41, 5.74) is 4.37. The summed E-state index contributed by atoms with van der Waals surface area (Å²) in [7, 11) is 3.60. The lowest BCUT2D eigenvalue weighted by molar-refractivity contribution is -0.0323. The van der Waals surface area contributed by atoms with Crippen molar-refractivity contribution in [2.24, 2.45) is 0 Å². The molecule has 4 aromatic rings. The zero-order valence-corrected chi connectivity index (χ0v) is 19.1. The maximum Gasteiger partial charge on any atom is 0.263 e. The van der Waals surface area contributed by atoms with Crippen LogP contribution in [0.15, 0.2) is 60.8 Å². The number of amides is 1. The quantitative estimate of drug-likeness (QED) is 0.488. The van der Waals surface area contributed by atoms with Crippen molar-refractivity contribution in [1.29, 1.82) is 0 Å². The molecule has 0 bridgehead atoms. The third-order valence-corrected chi connectivity index (χ3v) is 7.06. The van der Waals surface area contributed by atoms with E-state index >= 15 is 0 Å². The van der Waals surface area contributed by atoms with Crippen LogP contribution in [-0.4, -0.2) is 59.7 Å². The number of morpholine rings is 1.